The fourth-order valence-corrected chi connectivity index (χ4v) is 5.67. The number of hydrogen-bond donors (Lipinski definition) is 1. The van der Waals surface area contributed by atoms with Crippen molar-refractivity contribution >= 4 is 16.8 Å². The summed E-state index contributed by atoms with van der Waals surface area (Å²) in [5, 5.41) is 1.12. The molecule has 0 saturated carbocycles. The van der Waals surface area contributed by atoms with Crippen molar-refractivity contribution in [1.82, 2.24) is 14.8 Å². The molecule has 0 aliphatic carbocycles. The zero-order valence-electron chi connectivity index (χ0n) is 19.4. The lowest BCUT2D eigenvalue weighted by Gasteiger charge is -2.49. The lowest BCUT2D eigenvalue weighted by atomic mass is 9.82. The van der Waals surface area contributed by atoms with Crippen LogP contribution in [0.3, 0.4) is 0 Å². The second kappa shape index (κ2) is 8.93. The topological polar surface area (TPSA) is 39.3 Å². The molecule has 2 bridgehead atoms. The van der Waals surface area contributed by atoms with Crippen LogP contribution >= 0.6 is 0 Å². The first-order valence-corrected chi connectivity index (χ1v) is 12.2. The van der Waals surface area contributed by atoms with E-state index < -0.39 is 0 Å². The number of nitrogens with zero attached hydrogens (tertiary/aromatic N) is 2. The molecular formula is C29H27F2N3O. The third kappa shape index (κ3) is 4.23. The Kier molecular flexibility index (Phi) is 5.61. The van der Waals surface area contributed by atoms with Gasteiger partial charge in [-0.05, 0) is 96.9 Å². The van der Waals surface area contributed by atoms with Crippen LogP contribution in [-0.2, 0) is 6.54 Å². The number of amides is 1. The average molecular weight is 472 g/mol. The van der Waals surface area contributed by atoms with Gasteiger partial charge in [0, 0.05) is 42.0 Å². The number of piperidine rings is 3. The number of carbonyl (C=O) groups is 1. The van der Waals surface area contributed by atoms with E-state index in [1.807, 2.05) is 35.4 Å². The standard InChI is InChI=1S/C29H27F2N3O/c30-25-6-3-21(4-7-25)29(35)34(28-18-33-13-10-20(28)11-14-33)17-24-15-22(5-8-26(24)31)23-2-1-19-9-12-32-27(19)16-23/h1-9,12,15-16,20,28,32H,10-11,13-14,17-18H2. The third-order valence-electron chi connectivity index (χ3n) is 7.65. The molecule has 4 heterocycles. The van der Waals surface area contributed by atoms with Crippen LogP contribution in [0.4, 0.5) is 8.78 Å². The first-order chi connectivity index (χ1) is 17.0. The summed E-state index contributed by atoms with van der Waals surface area (Å²) in [4.78, 5) is 21.1. The lowest BCUT2D eigenvalue weighted by molar-refractivity contribution is 0.00434. The van der Waals surface area contributed by atoms with Gasteiger partial charge >= 0.3 is 0 Å². The van der Waals surface area contributed by atoms with Crippen molar-refractivity contribution in [3.63, 3.8) is 0 Å². The molecule has 178 valence electrons. The summed E-state index contributed by atoms with van der Waals surface area (Å²) in [5.74, 6) is -0.492. The van der Waals surface area contributed by atoms with Crippen LogP contribution in [0.1, 0.15) is 28.8 Å². The highest BCUT2D eigenvalue weighted by atomic mass is 19.1. The van der Waals surface area contributed by atoms with Gasteiger partial charge in [0.1, 0.15) is 11.6 Å². The van der Waals surface area contributed by atoms with E-state index in [9.17, 15) is 9.18 Å². The highest BCUT2D eigenvalue weighted by Gasteiger charge is 2.39. The molecule has 3 fully saturated rings. The Morgan fingerprint density at radius 2 is 1.69 bits per heavy atom. The minimum absolute atomic E-state index is 0.00776. The number of halogens is 2. The number of aromatic amines is 1. The first kappa shape index (κ1) is 22.0. The van der Waals surface area contributed by atoms with Gasteiger partial charge in [-0.25, -0.2) is 8.78 Å². The summed E-state index contributed by atoms with van der Waals surface area (Å²) in [6, 6.07) is 18.9. The molecule has 1 N–H and O–H groups in total. The van der Waals surface area contributed by atoms with Crippen molar-refractivity contribution in [1.29, 1.82) is 0 Å². The molecular weight excluding hydrogens is 444 g/mol. The molecule has 35 heavy (non-hydrogen) atoms. The van der Waals surface area contributed by atoms with Gasteiger partial charge in [0.25, 0.3) is 5.91 Å². The maximum absolute atomic E-state index is 15.1. The summed E-state index contributed by atoms with van der Waals surface area (Å²) in [5.41, 5.74) is 3.83. The van der Waals surface area contributed by atoms with E-state index in [0.29, 0.717) is 17.0 Å². The Morgan fingerprint density at radius 3 is 2.43 bits per heavy atom. The number of hydrogen-bond acceptors (Lipinski definition) is 2. The predicted octanol–water partition coefficient (Wildman–Crippen LogP) is 5.85. The van der Waals surface area contributed by atoms with Crippen LogP contribution < -0.4 is 0 Å². The summed E-state index contributed by atoms with van der Waals surface area (Å²) in [6.07, 6.45) is 3.98. The number of carbonyl (C=O) groups excluding carboxylic acids is 1. The molecule has 0 spiro atoms. The minimum Gasteiger partial charge on any atom is -0.361 e. The molecule has 3 aliphatic rings. The van der Waals surface area contributed by atoms with Crippen LogP contribution in [0.25, 0.3) is 22.0 Å². The number of benzene rings is 3. The van der Waals surface area contributed by atoms with Crippen molar-refractivity contribution in [2.75, 3.05) is 19.6 Å². The second-order valence-corrected chi connectivity index (χ2v) is 9.73. The van der Waals surface area contributed by atoms with Crippen molar-refractivity contribution < 1.29 is 13.6 Å². The fraction of sp³-hybridized carbons (Fsp3) is 0.276. The second-order valence-electron chi connectivity index (χ2n) is 9.73. The van der Waals surface area contributed by atoms with Gasteiger partial charge in [-0.1, -0.05) is 18.2 Å². The quantitative estimate of drug-likeness (QED) is 0.397. The van der Waals surface area contributed by atoms with Crippen molar-refractivity contribution in [3.05, 3.63) is 95.7 Å². The van der Waals surface area contributed by atoms with Crippen LogP contribution in [-0.4, -0.2) is 46.4 Å². The molecule has 3 aliphatic heterocycles. The molecule has 3 aromatic carbocycles. The smallest absolute Gasteiger partial charge is 0.254 e. The molecule has 4 aromatic rings. The van der Waals surface area contributed by atoms with Crippen molar-refractivity contribution in [3.8, 4) is 11.1 Å². The highest BCUT2D eigenvalue weighted by Crippen LogP contribution is 2.34. The molecule has 6 heteroatoms. The molecule has 1 aromatic heterocycles. The van der Waals surface area contributed by atoms with Crippen LogP contribution in [0.15, 0.2) is 72.9 Å². The van der Waals surface area contributed by atoms with Gasteiger partial charge < -0.3 is 14.8 Å². The fourth-order valence-electron chi connectivity index (χ4n) is 5.67. The van der Waals surface area contributed by atoms with Gasteiger partial charge in [-0.15, -0.1) is 0 Å². The van der Waals surface area contributed by atoms with E-state index in [0.717, 1.165) is 54.5 Å². The molecule has 4 nitrogen and oxygen atoms in total. The van der Waals surface area contributed by atoms with Crippen molar-refractivity contribution in [2.24, 2.45) is 5.92 Å². The van der Waals surface area contributed by atoms with E-state index in [1.54, 1.807) is 6.07 Å². The van der Waals surface area contributed by atoms with E-state index in [2.05, 4.69) is 16.0 Å². The average Bonchev–Trinajstić information content (AvgIpc) is 3.37. The largest absolute Gasteiger partial charge is 0.361 e. The first-order valence-electron chi connectivity index (χ1n) is 12.2. The van der Waals surface area contributed by atoms with E-state index in [4.69, 9.17) is 0 Å². The number of aromatic nitrogens is 1. The number of rotatable bonds is 5. The summed E-state index contributed by atoms with van der Waals surface area (Å²) in [7, 11) is 0. The molecule has 7 rings (SSSR count). The zero-order chi connectivity index (χ0) is 23.9. The van der Waals surface area contributed by atoms with Crippen LogP contribution in [0.5, 0.6) is 0 Å². The molecule has 1 amide bonds. The number of nitrogens with one attached hydrogen (secondary N) is 1. The van der Waals surface area contributed by atoms with Gasteiger partial charge in [0.05, 0.1) is 0 Å². The zero-order valence-corrected chi connectivity index (χ0v) is 19.4. The predicted molar refractivity (Wildman–Crippen MR) is 133 cm³/mol. The monoisotopic (exact) mass is 471 g/mol. The van der Waals surface area contributed by atoms with E-state index in [-0.39, 0.29) is 30.1 Å². The van der Waals surface area contributed by atoms with E-state index >= 15 is 4.39 Å². The Balaban J connectivity index is 1.36. The Hall–Kier alpha value is -3.51. The van der Waals surface area contributed by atoms with Gasteiger partial charge in [0.15, 0.2) is 0 Å². The summed E-state index contributed by atoms with van der Waals surface area (Å²) in [6.45, 7) is 3.06. The maximum atomic E-state index is 15.1. The molecule has 1 unspecified atom stereocenters. The number of fused-ring (bicyclic) bond motifs is 4. The summed E-state index contributed by atoms with van der Waals surface area (Å²) < 4.78 is 28.6. The van der Waals surface area contributed by atoms with Gasteiger partial charge in [-0.2, -0.15) is 0 Å². The maximum Gasteiger partial charge on any atom is 0.254 e. The number of H-pyrrole nitrogens is 1. The molecule has 0 radical (unpaired) electrons. The minimum atomic E-state index is -0.381. The van der Waals surface area contributed by atoms with Crippen LogP contribution in [0.2, 0.25) is 0 Å². The summed E-state index contributed by atoms with van der Waals surface area (Å²) >= 11 is 0. The Labute approximate surface area is 203 Å². The SMILES string of the molecule is O=C(c1ccc(F)cc1)N(Cc1cc(-c2ccc3cc[nH]c3c2)ccc1F)C1CN2CCC1CC2. The Morgan fingerprint density at radius 1 is 0.943 bits per heavy atom. The Bertz CT molecular complexity index is 1370. The normalized spacial score (nSPS) is 21.4. The highest BCUT2D eigenvalue weighted by molar-refractivity contribution is 5.94. The van der Waals surface area contributed by atoms with Gasteiger partial charge in [-0.3, -0.25) is 4.79 Å². The molecule has 1 atom stereocenters. The van der Waals surface area contributed by atoms with Gasteiger partial charge in [0.2, 0.25) is 0 Å². The van der Waals surface area contributed by atoms with Crippen LogP contribution in [0, 0.1) is 17.6 Å². The van der Waals surface area contributed by atoms with Crippen molar-refractivity contribution in [2.45, 2.75) is 25.4 Å². The third-order valence-corrected chi connectivity index (χ3v) is 7.65. The van der Waals surface area contributed by atoms with E-state index in [1.165, 1.54) is 30.3 Å². The lowest BCUT2D eigenvalue weighted by Crippen LogP contribution is -2.58. The molecule has 3 saturated heterocycles.